The van der Waals surface area contributed by atoms with Crippen LogP contribution in [0.2, 0.25) is 0 Å². The van der Waals surface area contributed by atoms with Crippen LogP contribution in [0.5, 0.6) is 0 Å². The van der Waals surface area contributed by atoms with Crippen LogP contribution in [-0.4, -0.2) is 43.8 Å². The summed E-state index contributed by atoms with van der Waals surface area (Å²) < 4.78 is 14.6. The number of aromatic nitrogens is 4. The summed E-state index contributed by atoms with van der Waals surface area (Å²) in [5.41, 5.74) is 1.63. The summed E-state index contributed by atoms with van der Waals surface area (Å²) in [7, 11) is 0. The van der Waals surface area contributed by atoms with E-state index in [1.165, 1.54) is 36.0 Å². The van der Waals surface area contributed by atoms with Crippen molar-refractivity contribution in [3.05, 3.63) is 89.5 Å². The molecule has 0 radical (unpaired) electrons. The minimum atomic E-state index is -0.392. The number of rotatable bonds is 8. The quantitative estimate of drug-likeness (QED) is 0.338. The maximum Gasteiger partial charge on any atom is 0.251 e. The van der Waals surface area contributed by atoms with E-state index in [1.807, 2.05) is 18.2 Å². The third-order valence-electron chi connectivity index (χ3n) is 4.49. The summed E-state index contributed by atoms with van der Waals surface area (Å²) in [6, 6.07) is 18.0. The predicted octanol–water partition coefficient (Wildman–Crippen LogP) is 3.21. The Morgan fingerprint density at radius 2 is 1.71 bits per heavy atom. The molecule has 0 saturated heterocycles. The Labute approximate surface area is 181 Å². The van der Waals surface area contributed by atoms with Crippen molar-refractivity contribution in [3.8, 4) is 0 Å². The van der Waals surface area contributed by atoms with Crippen LogP contribution in [0.4, 0.5) is 4.39 Å². The lowest BCUT2D eigenvalue weighted by atomic mass is 10.2. The van der Waals surface area contributed by atoms with Crippen molar-refractivity contribution in [2.45, 2.75) is 11.4 Å². The molecular formula is C22H18FN5O2S. The summed E-state index contributed by atoms with van der Waals surface area (Å²) in [5, 5.41) is 16.2. The van der Waals surface area contributed by atoms with Gasteiger partial charge >= 0.3 is 0 Å². The van der Waals surface area contributed by atoms with Crippen LogP contribution >= 0.6 is 11.8 Å². The van der Waals surface area contributed by atoms with Gasteiger partial charge in [-0.25, -0.2) is 4.39 Å². The highest BCUT2D eigenvalue weighted by Gasteiger charge is 2.11. The molecule has 156 valence electrons. The summed E-state index contributed by atoms with van der Waals surface area (Å²) in [5.74, 6) is 0.202. The van der Waals surface area contributed by atoms with Crippen molar-refractivity contribution < 1.29 is 14.0 Å². The van der Waals surface area contributed by atoms with Gasteiger partial charge in [-0.3, -0.25) is 9.59 Å². The van der Waals surface area contributed by atoms with Crippen LogP contribution in [0.1, 0.15) is 26.5 Å². The van der Waals surface area contributed by atoms with Crippen LogP contribution in [0, 0.1) is 5.82 Å². The number of carbonyl (C=O) groups is 2. The lowest BCUT2D eigenvalue weighted by Gasteiger charge is -2.05. The number of nitrogens with one attached hydrogen (secondary N) is 1. The average molecular weight is 435 g/mol. The van der Waals surface area contributed by atoms with E-state index >= 15 is 0 Å². The van der Waals surface area contributed by atoms with Crippen molar-refractivity contribution in [3.63, 3.8) is 0 Å². The van der Waals surface area contributed by atoms with E-state index < -0.39 is 5.82 Å². The molecule has 2 aromatic heterocycles. The molecule has 1 amide bonds. The van der Waals surface area contributed by atoms with Gasteiger partial charge in [-0.1, -0.05) is 42.1 Å². The van der Waals surface area contributed by atoms with Crippen LogP contribution in [-0.2, 0) is 6.42 Å². The molecule has 0 bridgehead atoms. The maximum absolute atomic E-state index is 13.0. The Morgan fingerprint density at radius 1 is 0.935 bits per heavy atom. The molecule has 2 aromatic carbocycles. The van der Waals surface area contributed by atoms with Crippen molar-refractivity contribution in [1.82, 2.24) is 25.1 Å². The van der Waals surface area contributed by atoms with Crippen molar-refractivity contribution in [2.24, 2.45) is 0 Å². The number of halogens is 1. The molecule has 1 N–H and O–H groups in total. The second-order valence-electron chi connectivity index (χ2n) is 6.65. The summed E-state index contributed by atoms with van der Waals surface area (Å²) in [6.45, 7) is 0.322. The molecule has 4 rings (SSSR count). The highest BCUT2D eigenvalue weighted by Crippen LogP contribution is 2.18. The molecule has 0 atom stereocenters. The Kier molecular flexibility index (Phi) is 6.32. The fraction of sp³-hybridized carbons (Fsp3) is 0.136. The Bertz CT molecular complexity index is 1210. The van der Waals surface area contributed by atoms with Gasteiger partial charge in [-0.2, -0.15) is 9.61 Å². The van der Waals surface area contributed by atoms with Gasteiger partial charge in [0.05, 0.1) is 5.75 Å². The summed E-state index contributed by atoms with van der Waals surface area (Å²) >= 11 is 1.34. The van der Waals surface area contributed by atoms with Gasteiger partial charge in [0.15, 0.2) is 17.3 Å². The van der Waals surface area contributed by atoms with Crippen LogP contribution in [0.3, 0.4) is 0 Å². The lowest BCUT2D eigenvalue weighted by molar-refractivity contribution is 0.0953. The van der Waals surface area contributed by atoms with E-state index in [0.29, 0.717) is 40.6 Å². The van der Waals surface area contributed by atoms with Crippen LogP contribution in [0.25, 0.3) is 5.65 Å². The summed E-state index contributed by atoms with van der Waals surface area (Å²) in [6.07, 6.45) is 0.415. The molecule has 0 aliphatic rings. The van der Waals surface area contributed by atoms with Gasteiger partial charge in [0.25, 0.3) is 5.91 Å². The smallest absolute Gasteiger partial charge is 0.251 e. The molecule has 0 fully saturated rings. The van der Waals surface area contributed by atoms with Crippen molar-refractivity contribution >= 4 is 29.1 Å². The molecule has 0 unspecified atom stereocenters. The number of ketones is 1. The fourth-order valence-electron chi connectivity index (χ4n) is 2.89. The first-order valence-corrected chi connectivity index (χ1v) is 10.5. The molecule has 0 aliphatic heterocycles. The van der Waals surface area contributed by atoms with Crippen LogP contribution in [0.15, 0.2) is 71.8 Å². The Morgan fingerprint density at radius 3 is 2.48 bits per heavy atom. The maximum atomic E-state index is 13.0. The molecule has 2 heterocycles. The first-order valence-electron chi connectivity index (χ1n) is 9.56. The highest BCUT2D eigenvalue weighted by molar-refractivity contribution is 7.99. The number of Topliss-reactive ketones (excluding diaryl/α,β-unsaturated/α-hetero) is 1. The third kappa shape index (κ3) is 5.13. The van der Waals surface area contributed by atoms with Gasteiger partial charge < -0.3 is 5.32 Å². The van der Waals surface area contributed by atoms with E-state index in [-0.39, 0.29) is 17.4 Å². The molecule has 9 heteroatoms. The number of amides is 1. The number of hydrogen-bond acceptors (Lipinski definition) is 6. The normalized spacial score (nSPS) is 10.9. The molecular weight excluding hydrogens is 417 g/mol. The second kappa shape index (κ2) is 9.48. The van der Waals surface area contributed by atoms with Gasteiger partial charge in [-0.05, 0) is 36.4 Å². The Hall–Kier alpha value is -3.59. The average Bonchev–Trinajstić information content (AvgIpc) is 3.20. The standard InChI is InChI=1S/C22H18FN5O2S/c23-17-8-6-16(7-9-17)22(30)24-13-12-20-26-25-19-10-11-21(27-28(19)20)31-14-18(29)15-4-2-1-3-5-15/h1-11H,12-14H2,(H,24,30). The number of thioether (sulfide) groups is 1. The number of fused-ring (bicyclic) bond motifs is 1. The first kappa shape index (κ1) is 20.7. The zero-order valence-electron chi connectivity index (χ0n) is 16.4. The molecule has 31 heavy (non-hydrogen) atoms. The minimum absolute atomic E-state index is 0.0278. The van der Waals surface area contributed by atoms with Gasteiger partial charge in [0.2, 0.25) is 0 Å². The lowest BCUT2D eigenvalue weighted by Crippen LogP contribution is -2.26. The van der Waals surface area contributed by atoms with E-state index in [9.17, 15) is 14.0 Å². The fourth-order valence-corrected chi connectivity index (χ4v) is 3.64. The van der Waals surface area contributed by atoms with Gasteiger partial charge in [0, 0.05) is 24.1 Å². The van der Waals surface area contributed by atoms with Crippen molar-refractivity contribution in [1.29, 1.82) is 0 Å². The molecule has 7 nitrogen and oxygen atoms in total. The van der Waals surface area contributed by atoms with E-state index in [4.69, 9.17) is 0 Å². The highest BCUT2D eigenvalue weighted by atomic mass is 32.2. The molecule has 0 aliphatic carbocycles. The minimum Gasteiger partial charge on any atom is -0.352 e. The number of hydrogen-bond donors (Lipinski definition) is 1. The molecule has 0 saturated carbocycles. The number of nitrogens with zero attached hydrogens (tertiary/aromatic N) is 4. The topological polar surface area (TPSA) is 89.2 Å². The largest absolute Gasteiger partial charge is 0.352 e. The molecule has 4 aromatic rings. The number of carbonyl (C=O) groups excluding carboxylic acids is 2. The number of benzene rings is 2. The van der Waals surface area contributed by atoms with Gasteiger partial charge in [-0.15, -0.1) is 10.2 Å². The first-order chi connectivity index (χ1) is 15.1. The zero-order chi connectivity index (χ0) is 21.6. The van der Waals surface area contributed by atoms with Crippen molar-refractivity contribution in [2.75, 3.05) is 12.3 Å². The zero-order valence-corrected chi connectivity index (χ0v) is 17.2. The Balaban J connectivity index is 1.37. The van der Waals surface area contributed by atoms with Gasteiger partial charge in [0.1, 0.15) is 10.8 Å². The van der Waals surface area contributed by atoms with E-state index in [1.54, 1.807) is 28.8 Å². The van der Waals surface area contributed by atoms with E-state index in [0.717, 1.165) is 0 Å². The van der Waals surface area contributed by atoms with Crippen LogP contribution < -0.4 is 5.32 Å². The molecule has 0 spiro atoms. The van der Waals surface area contributed by atoms with E-state index in [2.05, 4.69) is 20.6 Å². The third-order valence-corrected chi connectivity index (χ3v) is 5.41. The second-order valence-corrected chi connectivity index (χ2v) is 7.64. The summed E-state index contributed by atoms with van der Waals surface area (Å²) in [4.78, 5) is 24.4. The SMILES string of the molecule is O=C(CSc1ccc2nnc(CCNC(=O)c3ccc(F)cc3)n2n1)c1ccccc1. The predicted molar refractivity (Wildman–Crippen MR) is 115 cm³/mol. The monoisotopic (exact) mass is 435 g/mol.